The average molecular weight is 495 g/mol. The molecule has 0 unspecified atom stereocenters. The molecular formula is C16H12Cl3F2N7O3. The number of nitrogens with zero attached hydrogens (tertiary/aromatic N) is 3. The Bertz CT molecular complexity index is 1070. The smallest absolute Gasteiger partial charge is 0.387 e. The molecule has 1 aliphatic heterocycles. The maximum absolute atomic E-state index is 12.8. The minimum atomic E-state index is -3.22. The number of carbonyl (C=O) groups excluding carboxylic acids is 2. The quantitative estimate of drug-likeness (QED) is 0.472. The lowest BCUT2D eigenvalue weighted by Crippen LogP contribution is -2.45. The molecule has 2 heterocycles. The van der Waals surface area contributed by atoms with Gasteiger partial charge in [0.25, 0.3) is 11.8 Å². The topological polar surface area (TPSA) is 120 Å². The van der Waals surface area contributed by atoms with Gasteiger partial charge in [0.15, 0.2) is 5.75 Å². The lowest BCUT2D eigenvalue weighted by atomic mass is 10.1. The van der Waals surface area contributed by atoms with E-state index < -0.39 is 29.9 Å². The van der Waals surface area contributed by atoms with Gasteiger partial charge in [0.2, 0.25) is 5.96 Å². The first-order valence-electron chi connectivity index (χ1n) is 8.21. The largest absolute Gasteiger partial charge is 0.433 e. The first-order valence-corrected chi connectivity index (χ1v) is 9.35. The number of hydrogen-bond donors (Lipinski definition) is 4. The molecule has 1 aromatic carbocycles. The number of amides is 2. The molecule has 1 aliphatic rings. The highest BCUT2D eigenvalue weighted by atomic mass is 35.5. The second-order valence-electron chi connectivity index (χ2n) is 5.77. The number of rotatable bonds is 5. The molecule has 0 saturated carbocycles. The number of hydrazine groups is 2. The molecule has 2 amide bonds. The number of hydrogen-bond acceptors (Lipinski definition) is 8. The van der Waals surface area contributed by atoms with Gasteiger partial charge in [0.1, 0.15) is 16.5 Å². The molecule has 10 nitrogen and oxygen atoms in total. The molecule has 164 valence electrons. The molecule has 0 atom stereocenters. The predicted molar refractivity (Wildman–Crippen MR) is 109 cm³/mol. The Morgan fingerprint density at radius 2 is 1.87 bits per heavy atom. The summed E-state index contributed by atoms with van der Waals surface area (Å²) in [7, 11) is 1.56. The summed E-state index contributed by atoms with van der Waals surface area (Å²) in [5.41, 5.74) is 4.15. The molecule has 0 fully saturated rings. The Morgan fingerprint density at radius 3 is 2.52 bits per heavy atom. The molecule has 0 radical (unpaired) electrons. The van der Waals surface area contributed by atoms with Crippen LogP contribution in [0.5, 0.6) is 5.75 Å². The number of anilines is 1. The van der Waals surface area contributed by atoms with Crippen LogP contribution < -0.4 is 26.4 Å². The monoisotopic (exact) mass is 493 g/mol. The number of halogens is 5. The van der Waals surface area contributed by atoms with Crippen LogP contribution in [0.4, 0.5) is 14.5 Å². The maximum atomic E-state index is 12.8. The van der Waals surface area contributed by atoms with Gasteiger partial charge in [-0.2, -0.15) is 8.78 Å². The van der Waals surface area contributed by atoms with Crippen LogP contribution in [0.25, 0.3) is 0 Å². The number of nitrogens with one attached hydrogen (secondary N) is 4. The first-order chi connectivity index (χ1) is 14.7. The van der Waals surface area contributed by atoms with Crippen LogP contribution in [0.2, 0.25) is 15.2 Å². The lowest BCUT2D eigenvalue weighted by Gasteiger charge is -2.17. The number of alkyl halides is 2. The van der Waals surface area contributed by atoms with Crippen molar-refractivity contribution in [2.75, 3.05) is 12.4 Å². The third-order valence-corrected chi connectivity index (χ3v) is 4.66. The van der Waals surface area contributed by atoms with Crippen molar-refractivity contribution in [3.8, 4) is 5.75 Å². The molecule has 0 aliphatic carbocycles. The highest BCUT2D eigenvalue weighted by Gasteiger charge is 2.25. The summed E-state index contributed by atoms with van der Waals surface area (Å²) < 4.78 is 30.1. The van der Waals surface area contributed by atoms with Crippen molar-refractivity contribution < 1.29 is 23.1 Å². The summed E-state index contributed by atoms with van der Waals surface area (Å²) in [6.07, 6.45) is 0. The van der Waals surface area contributed by atoms with Crippen molar-refractivity contribution in [1.29, 1.82) is 0 Å². The first kappa shape index (κ1) is 22.7. The summed E-state index contributed by atoms with van der Waals surface area (Å²) in [4.78, 5) is 29.0. The van der Waals surface area contributed by atoms with Crippen molar-refractivity contribution in [1.82, 2.24) is 26.4 Å². The van der Waals surface area contributed by atoms with Gasteiger partial charge in [-0.05, 0) is 24.3 Å². The molecule has 1 aromatic heterocycles. The van der Waals surface area contributed by atoms with Gasteiger partial charge in [-0.15, -0.1) is 10.6 Å². The van der Waals surface area contributed by atoms with Crippen molar-refractivity contribution in [2.45, 2.75) is 6.61 Å². The van der Waals surface area contributed by atoms with Crippen LogP contribution in [0.15, 0.2) is 29.4 Å². The highest BCUT2D eigenvalue weighted by molar-refractivity contribution is 6.38. The Balaban J connectivity index is 1.96. The van der Waals surface area contributed by atoms with Gasteiger partial charge in [0.05, 0.1) is 15.6 Å². The molecule has 0 bridgehead atoms. The van der Waals surface area contributed by atoms with Gasteiger partial charge < -0.3 is 10.1 Å². The van der Waals surface area contributed by atoms with Crippen molar-refractivity contribution >= 4 is 58.3 Å². The van der Waals surface area contributed by atoms with Gasteiger partial charge in [-0.1, -0.05) is 34.8 Å². The average Bonchev–Trinajstić information content (AvgIpc) is 3.10. The fraction of sp³-hybridized carbons (Fsp3) is 0.125. The maximum Gasteiger partial charge on any atom is 0.387 e. The summed E-state index contributed by atoms with van der Waals surface area (Å²) in [6.45, 7) is -3.22. The number of benzene rings is 1. The number of guanidine groups is 1. The molecule has 0 saturated heterocycles. The molecule has 3 rings (SSSR count). The summed E-state index contributed by atoms with van der Waals surface area (Å²) in [6, 6.07) is 4.88. The zero-order valence-corrected chi connectivity index (χ0v) is 17.6. The fourth-order valence-corrected chi connectivity index (χ4v) is 2.98. The number of hydrazone groups is 1. The Labute approximate surface area is 188 Å². The minimum Gasteiger partial charge on any atom is -0.433 e. The van der Waals surface area contributed by atoms with Crippen molar-refractivity contribution in [3.63, 3.8) is 0 Å². The number of aromatic nitrogens is 1. The van der Waals surface area contributed by atoms with E-state index in [2.05, 4.69) is 36.5 Å². The Kier molecular flexibility index (Phi) is 6.95. The van der Waals surface area contributed by atoms with E-state index in [4.69, 9.17) is 34.8 Å². The lowest BCUT2D eigenvalue weighted by molar-refractivity contribution is -0.0493. The van der Waals surface area contributed by atoms with Gasteiger partial charge in [0, 0.05) is 7.05 Å². The molecule has 31 heavy (non-hydrogen) atoms. The second kappa shape index (κ2) is 9.47. The van der Waals surface area contributed by atoms with E-state index in [-0.39, 0.29) is 32.4 Å². The number of pyridine rings is 1. The van der Waals surface area contributed by atoms with Crippen LogP contribution in [-0.4, -0.2) is 41.4 Å². The molecule has 2 aromatic rings. The van der Waals surface area contributed by atoms with E-state index in [9.17, 15) is 18.4 Å². The summed E-state index contributed by atoms with van der Waals surface area (Å²) in [5.74, 6) is -2.03. The molecule has 4 N–H and O–H groups in total. The second-order valence-corrected chi connectivity index (χ2v) is 6.94. The van der Waals surface area contributed by atoms with Gasteiger partial charge >= 0.3 is 6.61 Å². The number of ether oxygens (including phenoxy) is 1. The standard InChI is InChI=1S/C16H12Cl3F2N7O3/c1-28-16(25-26-27-28)24-13(29)6-2-4-8(31-15(20)21)12(10(6)19)23-14(30)11-7(17)3-5-9(18)22-11/h2-5,15,26-27H,1H3,(H,23,30)(H,24,25,29). The van der Waals surface area contributed by atoms with Gasteiger partial charge in [-0.25, -0.2) is 10.5 Å². The fourth-order valence-electron chi connectivity index (χ4n) is 2.36. The molecule has 15 heteroatoms. The SMILES string of the molecule is CN1NNN=C1NC(=O)c1ccc(OC(F)F)c(NC(=O)c2nc(Cl)ccc2Cl)c1Cl. The molecular weight excluding hydrogens is 483 g/mol. The van der Waals surface area contributed by atoms with Crippen LogP contribution >= 0.6 is 34.8 Å². The summed E-state index contributed by atoms with van der Waals surface area (Å²) >= 11 is 18.0. The normalized spacial score (nSPS) is 13.0. The Morgan fingerprint density at radius 1 is 1.13 bits per heavy atom. The van der Waals surface area contributed by atoms with Crippen LogP contribution in [0.1, 0.15) is 20.8 Å². The van der Waals surface area contributed by atoms with Gasteiger partial charge in [-0.3, -0.25) is 19.9 Å². The minimum absolute atomic E-state index is 0.0264. The molecule has 0 spiro atoms. The van der Waals surface area contributed by atoms with Crippen LogP contribution in [0, 0.1) is 0 Å². The van der Waals surface area contributed by atoms with E-state index >= 15 is 0 Å². The van der Waals surface area contributed by atoms with Crippen molar-refractivity contribution in [2.24, 2.45) is 5.10 Å². The van der Waals surface area contributed by atoms with Crippen LogP contribution in [-0.2, 0) is 0 Å². The van der Waals surface area contributed by atoms with E-state index in [0.717, 1.165) is 12.1 Å². The van der Waals surface area contributed by atoms with E-state index in [0.29, 0.717) is 0 Å². The van der Waals surface area contributed by atoms with E-state index in [1.54, 1.807) is 7.05 Å². The third-order valence-electron chi connectivity index (χ3n) is 3.75. The number of carbonyl (C=O) groups is 2. The highest BCUT2D eigenvalue weighted by Crippen LogP contribution is 2.37. The Hall–Kier alpha value is -2.93. The predicted octanol–water partition coefficient (Wildman–Crippen LogP) is 2.85. The zero-order chi connectivity index (χ0) is 22.7. The zero-order valence-electron chi connectivity index (χ0n) is 15.3. The van der Waals surface area contributed by atoms with Crippen LogP contribution in [0.3, 0.4) is 0 Å². The van der Waals surface area contributed by atoms with Crippen molar-refractivity contribution in [3.05, 3.63) is 50.7 Å². The van der Waals surface area contributed by atoms with E-state index in [1.807, 2.05) is 0 Å². The third kappa shape index (κ3) is 5.22. The van der Waals surface area contributed by atoms with E-state index in [1.165, 1.54) is 17.1 Å². The summed E-state index contributed by atoms with van der Waals surface area (Å²) in [5, 5.41) is 9.42.